The minimum atomic E-state index is -0.540. The molecule has 22 heavy (non-hydrogen) atoms. The number of aromatic nitrogens is 1. The van der Waals surface area contributed by atoms with Gasteiger partial charge < -0.3 is 9.30 Å². The molecule has 0 radical (unpaired) electrons. The van der Waals surface area contributed by atoms with Gasteiger partial charge in [-0.05, 0) is 24.3 Å². The monoisotopic (exact) mass is 317 g/mol. The molecule has 2 aromatic heterocycles. The van der Waals surface area contributed by atoms with Crippen LogP contribution in [0.4, 0.5) is 0 Å². The molecule has 4 nitrogen and oxygen atoms in total. The topological polar surface area (TPSA) is 48.3 Å². The fourth-order valence-corrected chi connectivity index (χ4v) is 3.91. The van der Waals surface area contributed by atoms with Crippen LogP contribution in [0.15, 0.2) is 28.5 Å². The van der Waals surface area contributed by atoms with E-state index in [0.717, 1.165) is 17.7 Å². The van der Waals surface area contributed by atoms with Crippen molar-refractivity contribution in [3.05, 3.63) is 44.4 Å². The lowest BCUT2D eigenvalue weighted by Crippen LogP contribution is -2.28. The first-order valence-corrected chi connectivity index (χ1v) is 8.41. The van der Waals surface area contributed by atoms with Crippen LogP contribution in [-0.2, 0) is 11.2 Å². The molecule has 3 heterocycles. The normalized spacial score (nSPS) is 16.3. The summed E-state index contributed by atoms with van der Waals surface area (Å²) < 4.78 is 7.08. The van der Waals surface area contributed by atoms with Gasteiger partial charge in [-0.15, -0.1) is 11.3 Å². The van der Waals surface area contributed by atoms with Gasteiger partial charge in [-0.1, -0.05) is 13.8 Å². The molecule has 0 aliphatic carbocycles. The van der Waals surface area contributed by atoms with Gasteiger partial charge in [0.15, 0.2) is 5.43 Å². The molecule has 1 aliphatic rings. The largest absolute Gasteiger partial charge is 0.462 e. The molecule has 2 aromatic rings. The van der Waals surface area contributed by atoms with Crippen molar-refractivity contribution in [2.45, 2.75) is 33.2 Å². The van der Waals surface area contributed by atoms with E-state index in [1.807, 2.05) is 6.07 Å². The van der Waals surface area contributed by atoms with Crippen molar-refractivity contribution in [2.24, 2.45) is 5.92 Å². The van der Waals surface area contributed by atoms with Crippen LogP contribution in [0.5, 0.6) is 0 Å². The number of esters is 1. The van der Waals surface area contributed by atoms with Gasteiger partial charge in [0.25, 0.3) is 0 Å². The number of carbonyl (C=O) groups is 1. The summed E-state index contributed by atoms with van der Waals surface area (Å²) >= 11 is 1.73. The second kappa shape index (κ2) is 5.72. The summed E-state index contributed by atoms with van der Waals surface area (Å²) in [6.45, 7) is 6.33. The molecule has 116 valence electrons. The summed E-state index contributed by atoms with van der Waals surface area (Å²) in [5, 5.41) is 2.06. The Kier molecular flexibility index (Phi) is 3.91. The zero-order valence-electron chi connectivity index (χ0n) is 13.0. The van der Waals surface area contributed by atoms with Gasteiger partial charge in [-0.2, -0.15) is 0 Å². The van der Waals surface area contributed by atoms with Crippen LogP contribution in [0.3, 0.4) is 0 Å². The van der Waals surface area contributed by atoms with Crippen molar-refractivity contribution in [1.29, 1.82) is 0 Å². The number of nitrogens with zero attached hydrogens (tertiary/aromatic N) is 1. The summed E-state index contributed by atoms with van der Waals surface area (Å²) in [5.74, 6) is -0.132. The lowest BCUT2D eigenvalue weighted by molar-refractivity contribution is 0.0523. The van der Waals surface area contributed by atoms with Gasteiger partial charge in [0.1, 0.15) is 5.56 Å². The van der Waals surface area contributed by atoms with Crippen LogP contribution in [0, 0.1) is 5.92 Å². The van der Waals surface area contributed by atoms with Gasteiger partial charge >= 0.3 is 5.97 Å². The van der Waals surface area contributed by atoms with Crippen molar-refractivity contribution in [2.75, 3.05) is 6.61 Å². The fraction of sp³-hybridized carbons (Fsp3) is 0.412. The first kappa shape index (κ1) is 15.0. The van der Waals surface area contributed by atoms with E-state index < -0.39 is 5.97 Å². The first-order valence-electron chi connectivity index (χ1n) is 7.53. The van der Waals surface area contributed by atoms with E-state index in [0.29, 0.717) is 5.92 Å². The summed E-state index contributed by atoms with van der Waals surface area (Å²) in [4.78, 5) is 25.6. The average molecular weight is 317 g/mol. The Bertz CT molecular complexity index is 772. The predicted molar refractivity (Wildman–Crippen MR) is 87.6 cm³/mol. The molecule has 1 aliphatic heterocycles. The fourth-order valence-electron chi connectivity index (χ4n) is 2.97. The number of rotatable bonds is 3. The van der Waals surface area contributed by atoms with Gasteiger partial charge in [0.2, 0.25) is 0 Å². The Labute approximate surface area is 133 Å². The molecule has 0 aromatic carbocycles. The third kappa shape index (κ3) is 2.39. The quantitative estimate of drug-likeness (QED) is 0.814. The van der Waals surface area contributed by atoms with Crippen LogP contribution >= 0.6 is 11.3 Å². The lowest BCUT2D eigenvalue weighted by Gasteiger charge is -2.31. The summed E-state index contributed by atoms with van der Waals surface area (Å²) in [6.07, 6.45) is 2.61. The Morgan fingerprint density at radius 3 is 2.95 bits per heavy atom. The van der Waals surface area contributed by atoms with Crippen molar-refractivity contribution in [3.8, 4) is 11.3 Å². The van der Waals surface area contributed by atoms with E-state index in [1.54, 1.807) is 30.5 Å². The molecule has 5 heteroatoms. The van der Waals surface area contributed by atoms with E-state index >= 15 is 0 Å². The maximum atomic E-state index is 12.3. The predicted octanol–water partition coefficient (Wildman–Crippen LogP) is 3.51. The Balaban J connectivity index is 2.19. The number of ether oxygens (including phenoxy) is 1. The van der Waals surface area contributed by atoms with Crippen LogP contribution in [0.25, 0.3) is 11.3 Å². The molecule has 3 rings (SSSR count). The maximum Gasteiger partial charge on any atom is 0.343 e. The van der Waals surface area contributed by atoms with E-state index in [1.165, 1.54) is 4.88 Å². The highest BCUT2D eigenvalue weighted by Gasteiger charge is 2.28. The van der Waals surface area contributed by atoms with Crippen LogP contribution in [0.2, 0.25) is 0 Å². The van der Waals surface area contributed by atoms with Gasteiger partial charge in [0.05, 0.1) is 12.3 Å². The molecule has 0 spiro atoms. The minimum absolute atomic E-state index is 0.120. The second-order valence-electron chi connectivity index (χ2n) is 5.84. The molecule has 1 atom stereocenters. The summed E-state index contributed by atoms with van der Waals surface area (Å²) in [5.41, 5.74) is 1.86. The van der Waals surface area contributed by atoms with Crippen LogP contribution in [-0.4, -0.2) is 17.1 Å². The Hall–Kier alpha value is -1.88. The Morgan fingerprint density at radius 1 is 1.50 bits per heavy atom. The zero-order chi connectivity index (χ0) is 15.9. The minimum Gasteiger partial charge on any atom is -0.462 e. The first-order chi connectivity index (χ1) is 10.5. The number of hydrogen-bond donors (Lipinski definition) is 0. The van der Waals surface area contributed by atoms with E-state index in [9.17, 15) is 9.59 Å². The molecule has 1 unspecified atom stereocenters. The standard InChI is InChI=1S/C17H19NO3S/c1-4-21-17(20)12-9-18-13(10(2)3)8-16-11(5-6-22-16)14(18)7-15(12)19/h5-7,9-10,13H,4,8H2,1-3H3. The van der Waals surface area contributed by atoms with E-state index in [4.69, 9.17) is 4.74 Å². The van der Waals surface area contributed by atoms with Gasteiger partial charge in [-0.25, -0.2) is 4.79 Å². The summed E-state index contributed by atoms with van der Waals surface area (Å²) in [6, 6.07) is 3.87. The van der Waals surface area contributed by atoms with Crippen molar-refractivity contribution >= 4 is 17.3 Å². The molecule has 0 amide bonds. The maximum absolute atomic E-state index is 12.3. The van der Waals surface area contributed by atoms with Crippen LogP contribution in [0.1, 0.15) is 42.0 Å². The smallest absolute Gasteiger partial charge is 0.343 e. The molecule has 0 saturated heterocycles. The molecule has 0 bridgehead atoms. The number of thiophene rings is 1. The molecule has 0 fully saturated rings. The van der Waals surface area contributed by atoms with Gasteiger partial charge in [-0.3, -0.25) is 4.79 Å². The third-order valence-electron chi connectivity index (χ3n) is 4.12. The van der Waals surface area contributed by atoms with Crippen molar-refractivity contribution in [3.63, 3.8) is 0 Å². The number of pyridine rings is 1. The highest BCUT2D eigenvalue weighted by molar-refractivity contribution is 7.10. The molecular formula is C17H19NO3S. The third-order valence-corrected chi connectivity index (χ3v) is 5.06. The SMILES string of the molecule is CCOC(=O)c1cn2c(cc1=O)-c1ccsc1CC2C(C)C. The molecule has 0 N–H and O–H groups in total. The zero-order valence-corrected chi connectivity index (χ0v) is 13.8. The number of carbonyl (C=O) groups excluding carboxylic acids is 1. The van der Waals surface area contributed by atoms with Gasteiger partial charge in [0, 0.05) is 35.2 Å². The molecule has 0 saturated carbocycles. The van der Waals surface area contributed by atoms with Crippen LogP contribution < -0.4 is 5.43 Å². The van der Waals surface area contributed by atoms with Crippen molar-refractivity contribution in [1.82, 2.24) is 4.57 Å². The van der Waals surface area contributed by atoms with E-state index in [2.05, 4.69) is 23.8 Å². The Morgan fingerprint density at radius 2 is 2.27 bits per heavy atom. The highest BCUT2D eigenvalue weighted by Crippen LogP contribution is 2.39. The number of hydrogen-bond acceptors (Lipinski definition) is 4. The van der Waals surface area contributed by atoms with Crippen molar-refractivity contribution < 1.29 is 9.53 Å². The highest BCUT2D eigenvalue weighted by atomic mass is 32.1. The lowest BCUT2D eigenvalue weighted by atomic mass is 9.92. The second-order valence-corrected chi connectivity index (χ2v) is 6.84. The summed E-state index contributed by atoms with van der Waals surface area (Å²) in [7, 11) is 0. The number of fused-ring (bicyclic) bond motifs is 3. The average Bonchev–Trinajstić information content (AvgIpc) is 2.94. The van der Waals surface area contributed by atoms with E-state index in [-0.39, 0.29) is 23.6 Å². The molecular weight excluding hydrogens is 298 g/mol.